The molecule has 0 spiro atoms. The van der Waals surface area contributed by atoms with Crippen molar-refractivity contribution in [3.63, 3.8) is 0 Å². The van der Waals surface area contributed by atoms with Crippen LogP contribution in [0.5, 0.6) is 5.75 Å². The number of esters is 1. The van der Waals surface area contributed by atoms with Crippen LogP contribution in [0.25, 0.3) is 0 Å². The zero-order valence-electron chi connectivity index (χ0n) is 14.5. The number of carbonyl (C=O) groups is 1. The minimum Gasteiger partial charge on any atom is -0.506 e. The highest BCUT2D eigenvalue weighted by molar-refractivity contribution is 5.99. The van der Waals surface area contributed by atoms with Crippen molar-refractivity contribution in [2.75, 3.05) is 25.1 Å². The summed E-state index contributed by atoms with van der Waals surface area (Å²) < 4.78 is 4.95. The maximum absolute atomic E-state index is 12.3. The third-order valence-corrected chi connectivity index (χ3v) is 4.07. The van der Waals surface area contributed by atoms with Gasteiger partial charge in [-0.1, -0.05) is 26.7 Å². The van der Waals surface area contributed by atoms with Crippen LogP contribution in [-0.4, -0.2) is 31.3 Å². The summed E-state index contributed by atoms with van der Waals surface area (Å²) in [4.78, 5) is 14.4. The molecule has 22 heavy (non-hydrogen) atoms. The molecular formula is C18H29NO3. The molecule has 0 aromatic heterocycles. The Morgan fingerprint density at radius 2 is 1.73 bits per heavy atom. The quantitative estimate of drug-likeness (QED) is 0.731. The molecule has 0 heterocycles. The van der Waals surface area contributed by atoms with Gasteiger partial charge in [0.25, 0.3) is 0 Å². The van der Waals surface area contributed by atoms with E-state index >= 15 is 0 Å². The van der Waals surface area contributed by atoms with E-state index in [1.165, 1.54) is 7.11 Å². The SMILES string of the molecule is CCCCN(CCCC)c1c(O)cc(C)c(C)c1C(=O)OC. The highest BCUT2D eigenvalue weighted by atomic mass is 16.5. The number of methoxy groups -OCH3 is 1. The van der Waals surface area contributed by atoms with Gasteiger partial charge in [-0.05, 0) is 43.9 Å². The first-order valence-electron chi connectivity index (χ1n) is 8.14. The van der Waals surface area contributed by atoms with E-state index in [1.54, 1.807) is 6.07 Å². The van der Waals surface area contributed by atoms with Crippen molar-refractivity contribution in [2.24, 2.45) is 0 Å². The number of rotatable bonds is 8. The molecule has 124 valence electrons. The molecule has 0 aliphatic rings. The van der Waals surface area contributed by atoms with E-state index in [-0.39, 0.29) is 11.7 Å². The third kappa shape index (κ3) is 4.15. The monoisotopic (exact) mass is 307 g/mol. The minimum absolute atomic E-state index is 0.163. The average molecular weight is 307 g/mol. The molecule has 0 saturated heterocycles. The van der Waals surface area contributed by atoms with E-state index in [4.69, 9.17) is 4.74 Å². The maximum atomic E-state index is 12.3. The molecule has 0 aliphatic heterocycles. The normalized spacial score (nSPS) is 10.6. The Balaban J connectivity index is 3.38. The van der Waals surface area contributed by atoms with Gasteiger partial charge in [0.05, 0.1) is 18.4 Å². The Morgan fingerprint density at radius 1 is 1.18 bits per heavy atom. The molecule has 0 bridgehead atoms. The smallest absolute Gasteiger partial charge is 0.340 e. The number of benzene rings is 1. The van der Waals surface area contributed by atoms with Crippen molar-refractivity contribution in [2.45, 2.75) is 53.4 Å². The second-order valence-electron chi connectivity index (χ2n) is 5.75. The van der Waals surface area contributed by atoms with Gasteiger partial charge in [0.15, 0.2) is 0 Å². The highest BCUT2D eigenvalue weighted by Gasteiger charge is 2.24. The van der Waals surface area contributed by atoms with Crippen molar-refractivity contribution < 1.29 is 14.6 Å². The van der Waals surface area contributed by atoms with E-state index in [0.29, 0.717) is 11.3 Å². The van der Waals surface area contributed by atoms with Gasteiger partial charge in [-0.2, -0.15) is 0 Å². The minimum atomic E-state index is -0.385. The molecule has 1 N–H and O–H groups in total. The Morgan fingerprint density at radius 3 is 2.18 bits per heavy atom. The lowest BCUT2D eigenvalue weighted by atomic mass is 9.99. The number of anilines is 1. The first kappa shape index (κ1) is 18.3. The van der Waals surface area contributed by atoms with Gasteiger partial charge in [0.1, 0.15) is 5.75 Å². The van der Waals surface area contributed by atoms with Crippen LogP contribution in [0, 0.1) is 13.8 Å². The van der Waals surface area contributed by atoms with Crippen LogP contribution in [0.4, 0.5) is 5.69 Å². The maximum Gasteiger partial charge on any atom is 0.340 e. The van der Waals surface area contributed by atoms with Crippen molar-refractivity contribution in [3.8, 4) is 5.75 Å². The summed E-state index contributed by atoms with van der Waals surface area (Å²) >= 11 is 0. The van der Waals surface area contributed by atoms with Gasteiger partial charge in [-0.15, -0.1) is 0 Å². The lowest BCUT2D eigenvalue weighted by molar-refractivity contribution is 0.0600. The van der Waals surface area contributed by atoms with Gasteiger partial charge in [0.2, 0.25) is 0 Å². The third-order valence-electron chi connectivity index (χ3n) is 4.07. The second-order valence-corrected chi connectivity index (χ2v) is 5.75. The zero-order valence-corrected chi connectivity index (χ0v) is 14.5. The van der Waals surface area contributed by atoms with Crippen LogP contribution in [0.3, 0.4) is 0 Å². The van der Waals surface area contributed by atoms with Gasteiger partial charge < -0.3 is 14.7 Å². The zero-order chi connectivity index (χ0) is 16.7. The predicted octanol–water partition coefficient (Wildman–Crippen LogP) is 4.20. The number of ether oxygens (including phenoxy) is 1. The Hall–Kier alpha value is -1.71. The molecule has 0 amide bonds. The number of phenols is 1. The number of phenolic OH excluding ortho intramolecular Hbond substituents is 1. The molecular weight excluding hydrogens is 278 g/mol. The summed E-state index contributed by atoms with van der Waals surface area (Å²) in [6, 6.07) is 1.74. The fourth-order valence-corrected chi connectivity index (χ4v) is 2.59. The number of unbranched alkanes of at least 4 members (excludes halogenated alkanes) is 2. The Bertz CT molecular complexity index is 504. The molecule has 1 aromatic carbocycles. The number of aryl methyl sites for hydroxylation is 1. The van der Waals surface area contributed by atoms with Crippen LogP contribution >= 0.6 is 0 Å². The van der Waals surface area contributed by atoms with Gasteiger partial charge in [-0.3, -0.25) is 0 Å². The van der Waals surface area contributed by atoms with Gasteiger partial charge in [0, 0.05) is 13.1 Å². The highest BCUT2D eigenvalue weighted by Crippen LogP contribution is 2.36. The molecule has 1 rings (SSSR count). The molecule has 0 aliphatic carbocycles. The lowest BCUT2D eigenvalue weighted by Crippen LogP contribution is -2.28. The molecule has 1 aromatic rings. The van der Waals surface area contributed by atoms with Crippen LogP contribution < -0.4 is 4.90 Å². The van der Waals surface area contributed by atoms with E-state index in [2.05, 4.69) is 18.7 Å². The summed E-state index contributed by atoms with van der Waals surface area (Å²) in [6.07, 6.45) is 4.19. The standard InChI is InChI=1S/C18H29NO3/c1-6-8-10-19(11-9-7-2)17-15(20)12-13(3)14(4)16(17)18(21)22-5/h12,20H,6-11H2,1-5H3. The van der Waals surface area contributed by atoms with Crippen LogP contribution in [-0.2, 0) is 4.74 Å². The van der Waals surface area contributed by atoms with Crippen molar-refractivity contribution in [1.82, 2.24) is 0 Å². The van der Waals surface area contributed by atoms with E-state index in [0.717, 1.165) is 49.9 Å². The predicted molar refractivity (Wildman–Crippen MR) is 90.9 cm³/mol. The van der Waals surface area contributed by atoms with Crippen LogP contribution in [0.15, 0.2) is 6.07 Å². The second kappa shape index (κ2) is 8.66. The van der Waals surface area contributed by atoms with Crippen molar-refractivity contribution in [1.29, 1.82) is 0 Å². The molecule has 4 heteroatoms. The molecule has 0 radical (unpaired) electrons. The summed E-state index contributed by atoms with van der Waals surface area (Å²) in [5.41, 5.74) is 2.88. The van der Waals surface area contributed by atoms with Crippen molar-refractivity contribution in [3.05, 3.63) is 22.8 Å². The number of hydrogen-bond acceptors (Lipinski definition) is 4. The first-order valence-corrected chi connectivity index (χ1v) is 8.14. The Kier molecular flexibility index (Phi) is 7.22. The van der Waals surface area contributed by atoms with E-state index in [1.807, 2.05) is 13.8 Å². The number of aromatic hydroxyl groups is 1. The van der Waals surface area contributed by atoms with E-state index < -0.39 is 0 Å². The fourth-order valence-electron chi connectivity index (χ4n) is 2.59. The Labute approximate surface area is 134 Å². The van der Waals surface area contributed by atoms with Gasteiger partial charge >= 0.3 is 5.97 Å². The summed E-state index contributed by atoms with van der Waals surface area (Å²) in [5.74, 6) is -0.222. The number of hydrogen-bond donors (Lipinski definition) is 1. The largest absolute Gasteiger partial charge is 0.506 e. The van der Waals surface area contributed by atoms with Crippen LogP contribution in [0.2, 0.25) is 0 Å². The first-order chi connectivity index (χ1) is 10.5. The molecule has 0 unspecified atom stereocenters. The van der Waals surface area contributed by atoms with Crippen LogP contribution in [0.1, 0.15) is 61.0 Å². The summed E-state index contributed by atoms with van der Waals surface area (Å²) in [7, 11) is 1.38. The van der Waals surface area contributed by atoms with Gasteiger partial charge in [-0.25, -0.2) is 4.79 Å². The number of carbonyl (C=O) groups excluding carboxylic acids is 1. The molecule has 0 atom stereocenters. The summed E-state index contributed by atoms with van der Waals surface area (Å²) in [5, 5.41) is 10.5. The molecule has 0 fully saturated rings. The number of nitrogens with zero attached hydrogens (tertiary/aromatic N) is 1. The van der Waals surface area contributed by atoms with E-state index in [9.17, 15) is 9.90 Å². The molecule has 0 saturated carbocycles. The fraction of sp³-hybridized carbons (Fsp3) is 0.611. The summed E-state index contributed by atoms with van der Waals surface area (Å²) in [6.45, 7) is 9.74. The average Bonchev–Trinajstić information content (AvgIpc) is 2.50. The topological polar surface area (TPSA) is 49.8 Å². The van der Waals surface area contributed by atoms with Crippen molar-refractivity contribution >= 4 is 11.7 Å². The molecule has 4 nitrogen and oxygen atoms in total. The lowest BCUT2D eigenvalue weighted by Gasteiger charge is -2.28.